The zero-order chi connectivity index (χ0) is 26.5. The molecule has 1 aromatic heterocycles. The van der Waals surface area contributed by atoms with Crippen molar-refractivity contribution in [3.8, 4) is 11.3 Å². The van der Waals surface area contributed by atoms with Gasteiger partial charge in [-0.2, -0.15) is 43.9 Å². The Bertz CT molecular complexity index is 1080. The molecule has 2 rings (SSSR count). The van der Waals surface area contributed by atoms with Crippen LogP contribution in [0.3, 0.4) is 0 Å². The summed E-state index contributed by atoms with van der Waals surface area (Å²) in [5, 5.41) is 1.14. The van der Waals surface area contributed by atoms with E-state index in [1.54, 1.807) is 0 Å². The number of hydrogen-bond donors (Lipinski definition) is 1. The molecule has 1 aromatic carbocycles. The van der Waals surface area contributed by atoms with E-state index in [1.807, 2.05) is 0 Å². The minimum Gasteiger partial charge on any atom is -0.296 e. The fraction of sp³-hybridized carbons (Fsp3) is 0.375. The number of anilines is 1. The normalized spacial score (nSPS) is 14.0. The van der Waals surface area contributed by atoms with E-state index in [-0.39, 0.29) is 32.6 Å². The number of carbonyl (C=O) groups excluding carboxylic acids is 1. The van der Waals surface area contributed by atoms with Gasteiger partial charge in [-0.15, -0.1) is 11.3 Å². The third kappa shape index (κ3) is 4.39. The summed E-state index contributed by atoms with van der Waals surface area (Å²) in [6.07, 6.45) is -5.64. The molecule has 0 saturated carbocycles. The average Bonchev–Trinajstić information content (AvgIpc) is 3.15. The predicted octanol–water partition coefficient (Wildman–Crippen LogP) is 7.50. The number of halogens is 14. The van der Waals surface area contributed by atoms with Crippen molar-refractivity contribution in [3.63, 3.8) is 0 Å². The molecule has 34 heavy (non-hydrogen) atoms. The fourth-order valence-corrected chi connectivity index (χ4v) is 3.42. The Kier molecular flexibility index (Phi) is 7.43. The first-order valence-corrected chi connectivity index (χ1v) is 9.75. The molecule has 0 spiro atoms. The van der Waals surface area contributed by atoms with Crippen LogP contribution in [0.2, 0.25) is 10.0 Å². The lowest BCUT2D eigenvalue weighted by Crippen LogP contribution is -2.70. The largest absolute Gasteiger partial charge is 0.393 e. The minimum absolute atomic E-state index is 0.0469. The molecule has 0 aliphatic carbocycles. The standard InChI is InChI=1S/C16H6Cl2F12N2OS/c17-5-1-2-6(7(18)3-5)8-4-34-11(31-8)32-10(33)13(23,24)15(27,28)16(29,30)14(25,26)12(21,22)9(19)20/h1-4,9H,(H,31,32,33). The number of benzene rings is 1. The van der Waals surface area contributed by atoms with Gasteiger partial charge in [0.25, 0.3) is 0 Å². The highest BCUT2D eigenvalue weighted by Crippen LogP contribution is 2.58. The molecule has 1 amide bonds. The van der Waals surface area contributed by atoms with Crippen LogP contribution in [0, 0.1) is 0 Å². The van der Waals surface area contributed by atoms with Gasteiger partial charge in [0.15, 0.2) is 5.13 Å². The Morgan fingerprint density at radius 2 is 1.47 bits per heavy atom. The Labute approximate surface area is 194 Å². The number of thiazole rings is 1. The van der Waals surface area contributed by atoms with Crippen molar-refractivity contribution in [2.24, 2.45) is 0 Å². The van der Waals surface area contributed by atoms with Gasteiger partial charge >= 0.3 is 41.9 Å². The Hall–Kier alpha value is -1.94. The first-order valence-electron chi connectivity index (χ1n) is 8.11. The quantitative estimate of drug-likeness (QED) is 0.333. The highest BCUT2D eigenvalue weighted by molar-refractivity contribution is 7.14. The summed E-state index contributed by atoms with van der Waals surface area (Å²) in [6, 6.07) is 3.77. The monoisotopic (exact) mass is 572 g/mol. The molecule has 0 atom stereocenters. The molecule has 3 nitrogen and oxygen atoms in total. The summed E-state index contributed by atoms with van der Waals surface area (Å²) in [6.45, 7) is 0. The van der Waals surface area contributed by atoms with Gasteiger partial charge in [-0.05, 0) is 18.2 Å². The maximum atomic E-state index is 13.9. The van der Waals surface area contributed by atoms with Crippen LogP contribution < -0.4 is 5.32 Å². The second-order valence-corrected chi connectivity index (χ2v) is 8.04. The molecule has 0 bridgehead atoms. The van der Waals surface area contributed by atoms with E-state index in [0.717, 1.165) is 10.7 Å². The van der Waals surface area contributed by atoms with Gasteiger partial charge in [0.2, 0.25) is 0 Å². The highest BCUT2D eigenvalue weighted by atomic mass is 35.5. The number of nitrogens with one attached hydrogen (secondary N) is 1. The molecule has 0 aliphatic heterocycles. The van der Waals surface area contributed by atoms with E-state index in [4.69, 9.17) is 23.2 Å². The summed E-state index contributed by atoms with van der Waals surface area (Å²) in [5.74, 6) is -40.4. The van der Waals surface area contributed by atoms with Gasteiger partial charge in [-0.3, -0.25) is 10.1 Å². The van der Waals surface area contributed by atoms with Crippen LogP contribution in [0.15, 0.2) is 23.6 Å². The van der Waals surface area contributed by atoms with E-state index >= 15 is 0 Å². The van der Waals surface area contributed by atoms with Crippen LogP contribution >= 0.6 is 34.5 Å². The number of aromatic nitrogens is 1. The predicted molar refractivity (Wildman–Crippen MR) is 96.9 cm³/mol. The van der Waals surface area contributed by atoms with Crippen molar-refractivity contribution in [3.05, 3.63) is 33.6 Å². The van der Waals surface area contributed by atoms with Crippen molar-refractivity contribution >= 4 is 45.6 Å². The summed E-state index contributed by atoms with van der Waals surface area (Å²) in [5.41, 5.74) is -0.0780. The molecule has 2 aromatic rings. The molecule has 0 radical (unpaired) electrons. The minimum atomic E-state index is -7.81. The zero-order valence-corrected chi connectivity index (χ0v) is 17.8. The lowest BCUT2D eigenvalue weighted by molar-refractivity contribution is -0.406. The van der Waals surface area contributed by atoms with E-state index in [9.17, 15) is 57.5 Å². The van der Waals surface area contributed by atoms with Crippen molar-refractivity contribution in [1.29, 1.82) is 0 Å². The fourth-order valence-electron chi connectivity index (χ4n) is 2.21. The maximum Gasteiger partial charge on any atom is 0.393 e. The summed E-state index contributed by atoms with van der Waals surface area (Å²) in [7, 11) is 0. The summed E-state index contributed by atoms with van der Waals surface area (Å²) in [4.78, 5) is 15.1. The molecule has 0 unspecified atom stereocenters. The van der Waals surface area contributed by atoms with Gasteiger partial charge < -0.3 is 0 Å². The molecule has 0 saturated heterocycles. The Morgan fingerprint density at radius 1 is 0.912 bits per heavy atom. The zero-order valence-electron chi connectivity index (χ0n) is 15.4. The van der Waals surface area contributed by atoms with Crippen molar-refractivity contribution in [1.82, 2.24) is 4.98 Å². The van der Waals surface area contributed by atoms with E-state index < -0.39 is 47.1 Å². The van der Waals surface area contributed by atoms with Crippen molar-refractivity contribution in [2.75, 3.05) is 5.32 Å². The lowest BCUT2D eigenvalue weighted by atomic mass is 9.94. The van der Waals surface area contributed by atoms with Crippen LogP contribution in [0.4, 0.5) is 57.8 Å². The number of alkyl halides is 12. The Balaban J connectivity index is 2.36. The lowest BCUT2D eigenvalue weighted by Gasteiger charge is -2.38. The second kappa shape index (κ2) is 8.93. The SMILES string of the molecule is O=C(Nc1nc(-c2ccc(Cl)cc2Cl)cs1)C(F)(F)C(F)(F)C(F)(F)C(F)(F)C(F)(F)C(F)F. The summed E-state index contributed by atoms with van der Waals surface area (Å²) < 4.78 is 158. The van der Waals surface area contributed by atoms with Crippen LogP contribution in [0.1, 0.15) is 0 Å². The van der Waals surface area contributed by atoms with Crippen LogP contribution in [0.5, 0.6) is 0 Å². The highest BCUT2D eigenvalue weighted by Gasteiger charge is 2.89. The van der Waals surface area contributed by atoms with Gasteiger partial charge in [0, 0.05) is 16.0 Å². The number of carbonyl (C=O) groups is 1. The van der Waals surface area contributed by atoms with Crippen LogP contribution in [-0.2, 0) is 4.79 Å². The second-order valence-electron chi connectivity index (χ2n) is 6.34. The van der Waals surface area contributed by atoms with Crippen LogP contribution in [0.25, 0.3) is 11.3 Å². The molecule has 18 heteroatoms. The molecule has 1 N–H and O–H groups in total. The van der Waals surface area contributed by atoms with Gasteiger partial charge in [-0.1, -0.05) is 23.2 Å². The molecule has 0 fully saturated rings. The maximum absolute atomic E-state index is 13.9. The summed E-state index contributed by atoms with van der Waals surface area (Å²) >= 11 is 11.8. The van der Waals surface area contributed by atoms with Gasteiger partial charge in [0.05, 0.1) is 10.7 Å². The number of rotatable bonds is 8. The third-order valence-electron chi connectivity index (χ3n) is 4.09. The molecule has 1 heterocycles. The molecular formula is C16H6Cl2F12N2OS. The topological polar surface area (TPSA) is 42.0 Å². The first-order chi connectivity index (χ1) is 15.2. The molecular weight excluding hydrogens is 567 g/mol. The molecule has 0 aliphatic rings. The average molecular weight is 573 g/mol. The number of hydrogen-bond acceptors (Lipinski definition) is 3. The number of amides is 1. The van der Waals surface area contributed by atoms with Gasteiger partial charge in [-0.25, -0.2) is 13.8 Å². The third-order valence-corrected chi connectivity index (χ3v) is 5.40. The van der Waals surface area contributed by atoms with E-state index in [2.05, 4.69) is 4.98 Å². The van der Waals surface area contributed by atoms with Crippen molar-refractivity contribution < 1.29 is 57.5 Å². The molecule has 190 valence electrons. The first kappa shape index (κ1) is 28.3. The Morgan fingerprint density at radius 3 is 1.97 bits per heavy atom. The van der Waals surface area contributed by atoms with Crippen LogP contribution in [-0.4, -0.2) is 46.9 Å². The smallest absolute Gasteiger partial charge is 0.296 e. The van der Waals surface area contributed by atoms with Crippen molar-refractivity contribution in [2.45, 2.75) is 36.0 Å². The van der Waals surface area contributed by atoms with E-state index in [1.165, 1.54) is 18.2 Å². The van der Waals surface area contributed by atoms with Gasteiger partial charge in [0.1, 0.15) is 0 Å². The van der Waals surface area contributed by atoms with E-state index in [0.29, 0.717) is 0 Å². The number of nitrogens with zero attached hydrogens (tertiary/aromatic N) is 1.